The highest BCUT2D eigenvalue weighted by Crippen LogP contribution is 2.23. The molecule has 2 heterocycles. The van der Waals surface area contributed by atoms with Gasteiger partial charge in [-0.2, -0.15) is 0 Å². The molecule has 0 saturated carbocycles. The second-order valence-corrected chi connectivity index (χ2v) is 5.93. The Morgan fingerprint density at radius 1 is 1.63 bits per heavy atom. The van der Waals surface area contributed by atoms with E-state index in [1.54, 1.807) is 0 Å². The number of nitrogens with two attached hydrogens (primary N) is 1. The predicted molar refractivity (Wildman–Crippen MR) is 83.7 cm³/mol. The van der Waals surface area contributed by atoms with E-state index in [4.69, 9.17) is 18.0 Å². The van der Waals surface area contributed by atoms with Gasteiger partial charge in [-0.15, -0.1) is 0 Å². The second-order valence-electron chi connectivity index (χ2n) is 5.49. The highest BCUT2D eigenvalue weighted by molar-refractivity contribution is 7.80. The molecule has 19 heavy (non-hydrogen) atoms. The third kappa shape index (κ3) is 3.22. The van der Waals surface area contributed by atoms with Crippen molar-refractivity contribution in [2.75, 3.05) is 38.6 Å². The molecule has 1 atom stereocenters. The number of hydrogen-bond donors (Lipinski definition) is 1. The number of aryl methyl sites for hydroxylation is 1. The first-order valence-electron chi connectivity index (χ1n) is 6.64. The van der Waals surface area contributed by atoms with Crippen molar-refractivity contribution in [3.05, 3.63) is 23.4 Å². The zero-order chi connectivity index (χ0) is 14.0. The summed E-state index contributed by atoms with van der Waals surface area (Å²) in [5.41, 5.74) is 7.84. The average Bonchev–Trinajstić information content (AvgIpc) is 2.73. The highest BCUT2D eigenvalue weighted by atomic mass is 32.1. The lowest BCUT2D eigenvalue weighted by Crippen LogP contribution is -2.30. The fourth-order valence-electron chi connectivity index (χ4n) is 2.79. The van der Waals surface area contributed by atoms with Gasteiger partial charge in [0, 0.05) is 26.3 Å². The normalized spacial score (nSPS) is 19.6. The summed E-state index contributed by atoms with van der Waals surface area (Å²) in [5.74, 6) is 1.60. The van der Waals surface area contributed by atoms with Crippen LogP contribution in [0.1, 0.15) is 17.5 Å². The Morgan fingerprint density at radius 2 is 2.37 bits per heavy atom. The minimum absolute atomic E-state index is 0.427. The molecule has 5 heteroatoms. The van der Waals surface area contributed by atoms with E-state index in [1.807, 2.05) is 19.2 Å². The van der Waals surface area contributed by atoms with Gasteiger partial charge in [0.25, 0.3) is 0 Å². The standard InChI is InChI=1S/C14H22N4S/c1-10-4-6-16-14(12(10)13(15)19)18(3)9-11-5-7-17(2)8-11/h4,6,11H,5,7-9H2,1-3H3,(H2,15,19). The monoisotopic (exact) mass is 278 g/mol. The van der Waals surface area contributed by atoms with Crippen LogP contribution >= 0.6 is 12.2 Å². The number of anilines is 1. The summed E-state index contributed by atoms with van der Waals surface area (Å²) in [6, 6.07) is 1.95. The molecule has 1 fully saturated rings. The minimum atomic E-state index is 0.427. The molecular formula is C14H22N4S. The van der Waals surface area contributed by atoms with Crippen molar-refractivity contribution in [2.24, 2.45) is 11.7 Å². The fourth-order valence-corrected chi connectivity index (χ4v) is 3.04. The van der Waals surface area contributed by atoms with E-state index in [0.717, 1.165) is 30.0 Å². The third-order valence-electron chi connectivity index (χ3n) is 3.77. The fraction of sp³-hybridized carbons (Fsp3) is 0.571. The summed E-state index contributed by atoms with van der Waals surface area (Å²) < 4.78 is 0. The first-order valence-corrected chi connectivity index (χ1v) is 7.05. The molecule has 0 spiro atoms. The van der Waals surface area contributed by atoms with Crippen molar-refractivity contribution < 1.29 is 0 Å². The van der Waals surface area contributed by atoms with Crippen LogP contribution in [0.4, 0.5) is 5.82 Å². The van der Waals surface area contributed by atoms with E-state index in [2.05, 4.69) is 28.9 Å². The van der Waals surface area contributed by atoms with Crippen LogP contribution in [0.15, 0.2) is 12.3 Å². The van der Waals surface area contributed by atoms with E-state index < -0.39 is 0 Å². The van der Waals surface area contributed by atoms with Gasteiger partial charge in [0.15, 0.2) is 0 Å². The van der Waals surface area contributed by atoms with Crippen LogP contribution in [0.5, 0.6) is 0 Å². The van der Waals surface area contributed by atoms with Gasteiger partial charge in [0.1, 0.15) is 10.8 Å². The SMILES string of the molecule is Cc1ccnc(N(C)CC2CCN(C)C2)c1C(N)=S. The molecule has 1 aromatic heterocycles. The van der Waals surface area contributed by atoms with Crippen molar-refractivity contribution in [1.29, 1.82) is 0 Å². The summed E-state index contributed by atoms with van der Waals surface area (Å²) in [7, 11) is 4.24. The van der Waals surface area contributed by atoms with Gasteiger partial charge in [-0.25, -0.2) is 4.98 Å². The molecule has 0 bridgehead atoms. The smallest absolute Gasteiger partial charge is 0.138 e. The van der Waals surface area contributed by atoms with Gasteiger partial charge < -0.3 is 15.5 Å². The van der Waals surface area contributed by atoms with Crippen LogP contribution in [-0.4, -0.2) is 48.6 Å². The Balaban J connectivity index is 2.17. The van der Waals surface area contributed by atoms with E-state index in [-0.39, 0.29) is 0 Å². The summed E-state index contributed by atoms with van der Waals surface area (Å²) in [6.45, 7) is 5.35. The van der Waals surface area contributed by atoms with E-state index in [0.29, 0.717) is 10.9 Å². The van der Waals surface area contributed by atoms with E-state index in [9.17, 15) is 0 Å². The number of nitrogens with zero attached hydrogens (tertiary/aromatic N) is 3. The molecule has 2 N–H and O–H groups in total. The maximum atomic E-state index is 5.84. The van der Waals surface area contributed by atoms with Gasteiger partial charge in [-0.05, 0) is 44.5 Å². The lowest BCUT2D eigenvalue weighted by molar-refractivity contribution is 0.395. The topological polar surface area (TPSA) is 45.4 Å². The Morgan fingerprint density at radius 3 is 2.95 bits per heavy atom. The van der Waals surface area contributed by atoms with Gasteiger partial charge in [-0.1, -0.05) is 12.2 Å². The molecule has 0 radical (unpaired) electrons. The van der Waals surface area contributed by atoms with Crippen LogP contribution in [0, 0.1) is 12.8 Å². The molecule has 2 rings (SSSR count). The lowest BCUT2D eigenvalue weighted by atomic mass is 10.1. The summed E-state index contributed by atoms with van der Waals surface area (Å²) in [6.07, 6.45) is 3.07. The minimum Gasteiger partial charge on any atom is -0.389 e. The molecule has 1 unspecified atom stereocenters. The molecule has 1 saturated heterocycles. The van der Waals surface area contributed by atoms with Crippen LogP contribution in [0.2, 0.25) is 0 Å². The first kappa shape index (κ1) is 14.2. The highest BCUT2D eigenvalue weighted by Gasteiger charge is 2.22. The van der Waals surface area contributed by atoms with Gasteiger partial charge in [0.05, 0.1) is 5.56 Å². The average molecular weight is 278 g/mol. The summed E-state index contributed by atoms with van der Waals surface area (Å²) in [5, 5.41) is 0. The zero-order valence-corrected chi connectivity index (χ0v) is 12.7. The summed E-state index contributed by atoms with van der Waals surface area (Å²) >= 11 is 5.16. The molecular weight excluding hydrogens is 256 g/mol. The third-order valence-corrected chi connectivity index (χ3v) is 3.97. The maximum absolute atomic E-state index is 5.84. The van der Waals surface area contributed by atoms with Crippen LogP contribution in [0.25, 0.3) is 0 Å². The Labute approximate surface area is 120 Å². The zero-order valence-electron chi connectivity index (χ0n) is 11.9. The van der Waals surface area contributed by atoms with Crippen LogP contribution < -0.4 is 10.6 Å². The largest absolute Gasteiger partial charge is 0.389 e. The van der Waals surface area contributed by atoms with Crippen molar-refractivity contribution in [1.82, 2.24) is 9.88 Å². The molecule has 1 aliphatic heterocycles. The molecule has 4 nitrogen and oxygen atoms in total. The molecule has 1 aromatic rings. The molecule has 0 aliphatic carbocycles. The maximum Gasteiger partial charge on any atom is 0.138 e. The molecule has 1 aliphatic rings. The van der Waals surface area contributed by atoms with Crippen molar-refractivity contribution in [3.63, 3.8) is 0 Å². The van der Waals surface area contributed by atoms with E-state index in [1.165, 1.54) is 13.0 Å². The number of likely N-dealkylation sites (tertiary alicyclic amines) is 1. The Kier molecular flexibility index (Phi) is 4.37. The van der Waals surface area contributed by atoms with Gasteiger partial charge in [-0.3, -0.25) is 0 Å². The van der Waals surface area contributed by atoms with Gasteiger partial charge in [0.2, 0.25) is 0 Å². The van der Waals surface area contributed by atoms with Crippen LogP contribution in [0.3, 0.4) is 0 Å². The number of thiocarbonyl (C=S) groups is 1. The number of hydrogen-bond acceptors (Lipinski definition) is 4. The lowest BCUT2D eigenvalue weighted by Gasteiger charge is -2.24. The second kappa shape index (κ2) is 5.84. The molecule has 0 aromatic carbocycles. The Hall–Kier alpha value is -1.20. The van der Waals surface area contributed by atoms with Crippen molar-refractivity contribution in [2.45, 2.75) is 13.3 Å². The molecule has 0 amide bonds. The molecule has 104 valence electrons. The first-order chi connectivity index (χ1) is 8.99. The number of rotatable bonds is 4. The van der Waals surface area contributed by atoms with E-state index >= 15 is 0 Å². The quantitative estimate of drug-likeness (QED) is 0.844. The van der Waals surface area contributed by atoms with Gasteiger partial charge >= 0.3 is 0 Å². The predicted octanol–water partition coefficient (Wildman–Crippen LogP) is 1.41. The number of aromatic nitrogens is 1. The number of pyridine rings is 1. The Bertz CT molecular complexity index is 475. The van der Waals surface area contributed by atoms with Crippen molar-refractivity contribution in [3.8, 4) is 0 Å². The van der Waals surface area contributed by atoms with Crippen LogP contribution in [-0.2, 0) is 0 Å². The van der Waals surface area contributed by atoms with Crippen molar-refractivity contribution >= 4 is 23.0 Å². The summed E-state index contributed by atoms with van der Waals surface area (Å²) in [4.78, 5) is 9.45.